The number of benzene rings is 2. The molecule has 0 fully saturated rings. The van der Waals surface area contributed by atoms with Gasteiger partial charge in [0, 0.05) is 5.56 Å². The molecular weight excluding hydrogens is 331 g/mol. The molecule has 0 saturated carbocycles. The van der Waals surface area contributed by atoms with Crippen LogP contribution in [-0.4, -0.2) is 26.9 Å². The Morgan fingerprint density at radius 2 is 1.45 bits per heavy atom. The van der Waals surface area contributed by atoms with Crippen LogP contribution in [0.25, 0.3) is 0 Å². The molecule has 112 valence electrons. The van der Waals surface area contributed by atoms with Crippen molar-refractivity contribution in [3.8, 4) is 17.2 Å². The van der Waals surface area contributed by atoms with E-state index in [4.69, 9.17) is 23.2 Å². The number of aryl methyl sites for hydroxylation is 1. The molecule has 0 aliphatic heterocycles. The summed E-state index contributed by atoms with van der Waals surface area (Å²) in [5, 5.41) is 28.8. The van der Waals surface area contributed by atoms with Crippen LogP contribution in [0.2, 0.25) is 10.0 Å². The van der Waals surface area contributed by atoms with Crippen molar-refractivity contribution < 1.29 is 24.9 Å². The molecule has 3 N–H and O–H groups in total. The summed E-state index contributed by atoms with van der Waals surface area (Å²) in [5.41, 5.74) is -0.457. The van der Waals surface area contributed by atoms with E-state index in [-0.39, 0.29) is 22.4 Å². The van der Waals surface area contributed by atoms with E-state index in [0.717, 1.165) is 0 Å². The van der Waals surface area contributed by atoms with Crippen LogP contribution < -0.4 is 0 Å². The highest BCUT2D eigenvalue weighted by Crippen LogP contribution is 2.48. The zero-order valence-corrected chi connectivity index (χ0v) is 12.6. The highest BCUT2D eigenvalue weighted by Gasteiger charge is 2.38. The zero-order valence-electron chi connectivity index (χ0n) is 11.1. The molecule has 0 saturated heterocycles. The van der Waals surface area contributed by atoms with Gasteiger partial charge in [-0.25, -0.2) is 0 Å². The Hall–Kier alpha value is -2.24. The molecule has 0 bridgehead atoms. The van der Waals surface area contributed by atoms with Gasteiger partial charge in [-0.1, -0.05) is 23.2 Å². The van der Waals surface area contributed by atoms with Gasteiger partial charge in [0.05, 0.1) is 21.7 Å². The quantitative estimate of drug-likeness (QED) is 0.585. The van der Waals surface area contributed by atoms with Crippen LogP contribution in [-0.2, 0) is 0 Å². The maximum atomic E-state index is 12.6. The summed E-state index contributed by atoms with van der Waals surface area (Å²) in [6.07, 6.45) is 0. The number of carbonyl (C=O) groups is 2. The minimum atomic E-state index is -0.789. The van der Waals surface area contributed by atoms with Gasteiger partial charge in [-0.3, -0.25) is 9.59 Å². The second-order valence-electron chi connectivity index (χ2n) is 4.94. The van der Waals surface area contributed by atoms with Crippen LogP contribution in [0.3, 0.4) is 0 Å². The molecule has 1 aliphatic rings. The van der Waals surface area contributed by atoms with Crippen molar-refractivity contribution in [3.05, 3.63) is 50.0 Å². The fourth-order valence-corrected chi connectivity index (χ4v) is 3.06. The summed E-state index contributed by atoms with van der Waals surface area (Å²) in [7, 11) is 0. The predicted molar refractivity (Wildman–Crippen MR) is 79.5 cm³/mol. The fraction of sp³-hybridized carbons (Fsp3) is 0.0667. The Morgan fingerprint density at radius 3 is 2.09 bits per heavy atom. The number of phenols is 3. The highest BCUT2D eigenvalue weighted by atomic mass is 35.5. The van der Waals surface area contributed by atoms with Crippen LogP contribution >= 0.6 is 23.2 Å². The van der Waals surface area contributed by atoms with Crippen LogP contribution in [0.1, 0.15) is 37.4 Å². The Morgan fingerprint density at radius 1 is 0.818 bits per heavy atom. The number of ketones is 2. The average Bonchev–Trinajstić information content (AvgIpc) is 2.45. The summed E-state index contributed by atoms with van der Waals surface area (Å²) in [6.45, 7) is 1.64. The van der Waals surface area contributed by atoms with Crippen molar-refractivity contribution in [3.63, 3.8) is 0 Å². The maximum Gasteiger partial charge on any atom is 0.202 e. The van der Waals surface area contributed by atoms with Crippen molar-refractivity contribution in [1.29, 1.82) is 0 Å². The summed E-state index contributed by atoms with van der Waals surface area (Å²) < 4.78 is 0. The van der Waals surface area contributed by atoms with E-state index in [1.807, 2.05) is 0 Å². The maximum absolute atomic E-state index is 12.6. The Labute approximate surface area is 134 Å². The van der Waals surface area contributed by atoms with Gasteiger partial charge in [-0.05, 0) is 24.6 Å². The SMILES string of the molecule is Cc1cc(O)c2c(c1)C(=O)c1c(Cl)c(O)c(Cl)c(O)c1C2=O. The molecular formula is C15H8Cl2O5. The average molecular weight is 339 g/mol. The van der Waals surface area contributed by atoms with Crippen LogP contribution in [0.15, 0.2) is 12.1 Å². The monoisotopic (exact) mass is 338 g/mol. The summed E-state index contributed by atoms with van der Waals surface area (Å²) >= 11 is 11.6. The molecule has 2 aromatic rings. The van der Waals surface area contributed by atoms with Crippen molar-refractivity contribution in [2.45, 2.75) is 6.92 Å². The Kier molecular flexibility index (Phi) is 3.09. The van der Waals surface area contributed by atoms with Crippen molar-refractivity contribution in [2.75, 3.05) is 0 Å². The molecule has 5 nitrogen and oxygen atoms in total. The topological polar surface area (TPSA) is 94.8 Å². The molecule has 1 aliphatic carbocycles. The van der Waals surface area contributed by atoms with E-state index in [0.29, 0.717) is 5.56 Å². The first kappa shape index (κ1) is 14.7. The van der Waals surface area contributed by atoms with Gasteiger partial charge in [-0.15, -0.1) is 0 Å². The lowest BCUT2D eigenvalue weighted by molar-refractivity contribution is 0.0974. The van der Waals surface area contributed by atoms with Crippen LogP contribution in [0, 0.1) is 6.92 Å². The van der Waals surface area contributed by atoms with E-state index >= 15 is 0 Å². The number of hydrogen-bond acceptors (Lipinski definition) is 5. The number of phenolic OH excluding ortho intramolecular Hbond substituents is 3. The minimum absolute atomic E-state index is 0.0435. The zero-order chi connectivity index (χ0) is 16.3. The molecule has 0 unspecified atom stereocenters. The summed E-state index contributed by atoms with van der Waals surface area (Å²) in [4.78, 5) is 25.1. The van der Waals surface area contributed by atoms with Crippen molar-refractivity contribution in [2.24, 2.45) is 0 Å². The van der Waals surface area contributed by atoms with Crippen molar-refractivity contribution in [1.82, 2.24) is 0 Å². The minimum Gasteiger partial charge on any atom is -0.507 e. The molecule has 2 aromatic carbocycles. The molecule has 0 radical (unpaired) electrons. The molecule has 0 spiro atoms. The smallest absolute Gasteiger partial charge is 0.202 e. The van der Waals surface area contributed by atoms with E-state index < -0.39 is 38.7 Å². The molecule has 22 heavy (non-hydrogen) atoms. The standard InChI is InChI=1S/C15H8Cl2O5/c1-4-2-5-7(6(18)3-4)13(20)9-8(12(5)19)10(16)15(22)11(17)14(9)21/h2-3,18,21-22H,1H3. The summed E-state index contributed by atoms with van der Waals surface area (Å²) in [5.74, 6) is -3.28. The molecule has 0 aromatic heterocycles. The highest BCUT2D eigenvalue weighted by molar-refractivity contribution is 6.44. The number of aromatic hydroxyl groups is 3. The van der Waals surface area contributed by atoms with E-state index in [2.05, 4.69) is 0 Å². The van der Waals surface area contributed by atoms with E-state index in [1.165, 1.54) is 12.1 Å². The first-order chi connectivity index (χ1) is 10.3. The fourth-order valence-electron chi connectivity index (χ4n) is 2.54. The Bertz CT molecular complexity index is 886. The first-order valence-corrected chi connectivity index (χ1v) is 6.87. The normalized spacial score (nSPS) is 13.0. The second kappa shape index (κ2) is 4.63. The molecule has 0 atom stereocenters. The number of carbonyl (C=O) groups excluding carboxylic acids is 2. The molecule has 0 amide bonds. The van der Waals surface area contributed by atoms with Gasteiger partial charge < -0.3 is 15.3 Å². The van der Waals surface area contributed by atoms with Gasteiger partial charge in [0.15, 0.2) is 11.5 Å². The van der Waals surface area contributed by atoms with Crippen molar-refractivity contribution >= 4 is 34.8 Å². The lowest BCUT2D eigenvalue weighted by Crippen LogP contribution is -2.22. The third-order valence-electron chi connectivity index (χ3n) is 3.52. The third kappa shape index (κ3) is 1.73. The van der Waals surface area contributed by atoms with Crippen LogP contribution in [0.5, 0.6) is 17.2 Å². The van der Waals surface area contributed by atoms with Gasteiger partial charge >= 0.3 is 0 Å². The number of hydrogen-bond donors (Lipinski definition) is 3. The van der Waals surface area contributed by atoms with E-state index in [1.54, 1.807) is 6.92 Å². The van der Waals surface area contributed by atoms with Crippen LogP contribution in [0.4, 0.5) is 0 Å². The van der Waals surface area contributed by atoms with E-state index in [9.17, 15) is 24.9 Å². The lowest BCUT2D eigenvalue weighted by atomic mass is 9.82. The molecule has 3 rings (SSSR count). The number of fused-ring (bicyclic) bond motifs is 2. The van der Waals surface area contributed by atoms with Gasteiger partial charge in [0.25, 0.3) is 0 Å². The summed E-state index contributed by atoms with van der Waals surface area (Å²) in [6, 6.07) is 2.76. The van der Waals surface area contributed by atoms with Gasteiger partial charge in [-0.2, -0.15) is 0 Å². The predicted octanol–water partition coefficient (Wildman–Crippen LogP) is 3.19. The molecule has 7 heteroatoms. The first-order valence-electron chi connectivity index (χ1n) is 6.11. The van der Waals surface area contributed by atoms with Gasteiger partial charge in [0.2, 0.25) is 5.78 Å². The third-order valence-corrected chi connectivity index (χ3v) is 4.24. The van der Waals surface area contributed by atoms with Gasteiger partial charge in [0.1, 0.15) is 16.5 Å². The number of rotatable bonds is 0. The number of halogens is 2. The molecule has 0 heterocycles. The second-order valence-corrected chi connectivity index (χ2v) is 5.70. The largest absolute Gasteiger partial charge is 0.507 e. The lowest BCUT2D eigenvalue weighted by Gasteiger charge is -2.22. The Balaban J connectivity index is 2.47.